The SMILES string of the molecule is CSCCC(=O)C(O)(O)COP(=O)(O)O. The maximum Gasteiger partial charge on any atom is 0.469 e. The summed E-state index contributed by atoms with van der Waals surface area (Å²) in [4.78, 5) is 27.7. The van der Waals surface area contributed by atoms with Gasteiger partial charge in [0.25, 0.3) is 0 Å². The van der Waals surface area contributed by atoms with Gasteiger partial charge in [-0.25, -0.2) is 4.57 Å². The Hall–Kier alpha value is 0.0500. The molecule has 9 heteroatoms. The largest absolute Gasteiger partial charge is 0.469 e. The fraction of sp³-hybridized carbons (Fsp3) is 0.833. The zero-order chi connectivity index (χ0) is 12.1. The van der Waals surface area contributed by atoms with Gasteiger partial charge in [0, 0.05) is 12.2 Å². The van der Waals surface area contributed by atoms with Crippen LogP contribution in [-0.2, 0) is 13.9 Å². The molecule has 90 valence electrons. The van der Waals surface area contributed by atoms with E-state index in [0.717, 1.165) is 0 Å². The van der Waals surface area contributed by atoms with Gasteiger partial charge in [0.15, 0.2) is 5.78 Å². The van der Waals surface area contributed by atoms with Gasteiger partial charge in [0.2, 0.25) is 5.79 Å². The van der Waals surface area contributed by atoms with Crippen molar-refractivity contribution in [2.45, 2.75) is 12.2 Å². The zero-order valence-electron chi connectivity index (χ0n) is 7.99. The van der Waals surface area contributed by atoms with Crippen LogP contribution in [0.3, 0.4) is 0 Å². The first-order valence-corrected chi connectivity index (χ1v) is 6.78. The van der Waals surface area contributed by atoms with Crippen LogP contribution in [0.15, 0.2) is 0 Å². The summed E-state index contributed by atoms with van der Waals surface area (Å²) in [5, 5.41) is 18.2. The molecule has 0 aromatic carbocycles. The van der Waals surface area contributed by atoms with Crippen LogP contribution in [0.5, 0.6) is 0 Å². The van der Waals surface area contributed by atoms with Crippen molar-refractivity contribution >= 4 is 25.4 Å². The molecule has 0 unspecified atom stereocenters. The first-order chi connectivity index (χ1) is 6.69. The van der Waals surface area contributed by atoms with E-state index in [4.69, 9.17) is 20.0 Å². The van der Waals surface area contributed by atoms with Crippen molar-refractivity contribution < 1.29 is 33.9 Å². The molecule has 0 bridgehead atoms. The zero-order valence-corrected chi connectivity index (χ0v) is 9.70. The highest BCUT2D eigenvalue weighted by molar-refractivity contribution is 7.98. The van der Waals surface area contributed by atoms with Crippen molar-refractivity contribution in [1.82, 2.24) is 0 Å². The Morgan fingerprint density at radius 2 is 2.00 bits per heavy atom. The Balaban J connectivity index is 4.16. The number of phosphoric ester groups is 1. The topological polar surface area (TPSA) is 124 Å². The maximum atomic E-state index is 11.1. The van der Waals surface area contributed by atoms with Crippen molar-refractivity contribution in [3.05, 3.63) is 0 Å². The molecule has 0 amide bonds. The molecule has 0 atom stereocenters. The van der Waals surface area contributed by atoms with Crippen molar-refractivity contribution in [3.63, 3.8) is 0 Å². The van der Waals surface area contributed by atoms with E-state index in [-0.39, 0.29) is 6.42 Å². The lowest BCUT2D eigenvalue weighted by Crippen LogP contribution is -2.43. The standard InChI is InChI=1S/C6H13O7PS/c1-15-3-2-5(7)6(8,9)4-13-14(10,11)12/h8-9H,2-4H2,1H3,(H2,10,11,12). The molecular formula is C6H13O7PS. The molecule has 0 aliphatic rings. The summed E-state index contributed by atoms with van der Waals surface area (Å²) in [6.07, 6.45) is 1.62. The highest BCUT2D eigenvalue weighted by Crippen LogP contribution is 2.36. The summed E-state index contributed by atoms with van der Waals surface area (Å²) in [6, 6.07) is 0. The van der Waals surface area contributed by atoms with Crippen LogP contribution >= 0.6 is 19.6 Å². The van der Waals surface area contributed by atoms with Gasteiger partial charge in [-0.2, -0.15) is 11.8 Å². The van der Waals surface area contributed by atoms with Gasteiger partial charge >= 0.3 is 7.82 Å². The third kappa shape index (κ3) is 7.02. The molecule has 0 fully saturated rings. The molecule has 15 heavy (non-hydrogen) atoms. The Morgan fingerprint density at radius 1 is 1.47 bits per heavy atom. The van der Waals surface area contributed by atoms with Crippen molar-refractivity contribution in [3.8, 4) is 0 Å². The second-order valence-electron chi connectivity index (χ2n) is 2.75. The van der Waals surface area contributed by atoms with Gasteiger partial charge < -0.3 is 20.0 Å². The fourth-order valence-corrected chi connectivity index (χ4v) is 1.39. The Labute approximate surface area is 90.7 Å². The van der Waals surface area contributed by atoms with Gasteiger partial charge in [0.05, 0.1) is 0 Å². The molecule has 7 nitrogen and oxygen atoms in total. The molecule has 0 rings (SSSR count). The lowest BCUT2D eigenvalue weighted by Gasteiger charge is -2.19. The van der Waals surface area contributed by atoms with E-state index in [1.807, 2.05) is 0 Å². The van der Waals surface area contributed by atoms with E-state index in [2.05, 4.69) is 4.52 Å². The monoisotopic (exact) mass is 260 g/mol. The highest BCUT2D eigenvalue weighted by Gasteiger charge is 2.35. The number of phosphoric acid groups is 1. The first-order valence-electron chi connectivity index (χ1n) is 3.86. The van der Waals surface area contributed by atoms with Gasteiger partial charge in [-0.05, 0) is 6.26 Å². The van der Waals surface area contributed by atoms with Crippen LogP contribution in [0, 0.1) is 0 Å². The van der Waals surface area contributed by atoms with E-state index in [1.165, 1.54) is 11.8 Å². The van der Waals surface area contributed by atoms with E-state index < -0.39 is 26.0 Å². The minimum atomic E-state index is -4.81. The van der Waals surface area contributed by atoms with Crippen molar-refractivity contribution in [2.24, 2.45) is 0 Å². The average Bonchev–Trinajstić information content (AvgIpc) is 2.10. The molecule has 0 aromatic rings. The summed E-state index contributed by atoms with van der Waals surface area (Å²) in [5.74, 6) is -3.40. The highest BCUT2D eigenvalue weighted by atomic mass is 32.2. The molecule has 0 spiro atoms. The summed E-state index contributed by atoms with van der Waals surface area (Å²) in [5.41, 5.74) is 0. The van der Waals surface area contributed by atoms with Gasteiger partial charge in [-0.3, -0.25) is 9.32 Å². The third-order valence-corrected chi connectivity index (χ3v) is 2.49. The molecule has 0 aromatic heterocycles. The van der Waals surface area contributed by atoms with E-state index in [9.17, 15) is 9.36 Å². The number of Topliss-reactive ketones (excluding diaryl/α,β-unsaturated/α-hetero) is 1. The minimum Gasteiger partial charge on any atom is -0.358 e. The number of hydrogen-bond donors (Lipinski definition) is 4. The van der Waals surface area contributed by atoms with E-state index in [1.54, 1.807) is 6.26 Å². The molecule has 0 aliphatic heterocycles. The Kier molecular flexibility index (Phi) is 5.97. The number of carbonyl (C=O) groups is 1. The second kappa shape index (κ2) is 5.95. The van der Waals surface area contributed by atoms with Crippen molar-refractivity contribution in [2.75, 3.05) is 18.6 Å². The number of thioether (sulfide) groups is 1. The van der Waals surface area contributed by atoms with Crippen LogP contribution in [0.25, 0.3) is 0 Å². The minimum absolute atomic E-state index is 0.112. The smallest absolute Gasteiger partial charge is 0.358 e. The van der Waals surface area contributed by atoms with Crippen LogP contribution in [-0.4, -0.2) is 50.2 Å². The Morgan fingerprint density at radius 3 is 2.40 bits per heavy atom. The summed E-state index contributed by atoms with van der Waals surface area (Å²) < 4.78 is 14.1. The number of hydrogen-bond acceptors (Lipinski definition) is 6. The molecule has 0 saturated carbocycles. The third-order valence-electron chi connectivity index (χ3n) is 1.41. The van der Waals surface area contributed by atoms with Crippen LogP contribution < -0.4 is 0 Å². The van der Waals surface area contributed by atoms with Gasteiger partial charge in [-0.1, -0.05) is 0 Å². The summed E-state index contributed by atoms with van der Waals surface area (Å²) in [7, 11) is -4.81. The number of aliphatic hydroxyl groups is 2. The molecule has 0 heterocycles. The average molecular weight is 260 g/mol. The number of rotatable bonds is 7. The fourth-order valence-electron chi connectivity index (χ4n) is 0.650. The summed E-state index contributed by atoms with van der Waals surface area (Å²) in [6.45, 7) is -1.15. The van der Waals surface area contributed by atoms with Crippen LogP contribution in [0.2, 0.25) is 0 Å². The molecule has 0 aliphatic carbocycles. The Bertz CT molecular complexity index is 260. The predicted molar refractivity (Wildman–Crippen MR) is 53.2 cm³/mol. The maximum absolute atomic E-state index is 11.1. The molecule has 4 N–H and O–H groups in total. The van der Waals surface area contributed by atoms with Crippen LogP contribution in [0.1, 0.15) is 6.42 Å². The second-order valence-corrected chi connectivity index (χ2v) is 4.97. The lowest BCUT2D eigenvalue weighted by atomic mass is 10.1. The van der Waals surface area contributed by atoms with Crippen molar-refractivity contribution in [1.29, 1.82) is 0 Å². The van der Waals surface area contributed by atoms with E-state index in [0.29, 0.717) is 5.75 Å². The van der Waals surface area contributed by atoms with E-state index >= 15 is 0 Å². The molecule has 0 saturated heterocycles. The molecular weight excluding hydrogens is 247 g/mol. The van der Waals surface area contributed by atoms with Gasteiger partial charge in [0.1, 0.15) is 6.61 Å². The summed E-state index contributed by atoms with van der Waals surface area (Å²) >= 11 is 1.33. The predicted octanol–water partition coefficient (Wildman–Crippen LogP) is -0.901. The number of carbonyl (C=O) groups excluding carboxylic acids is 1. The quantitative estimate of drug-likeness (QED) is 0.343. The first kappa shape index (κ1) is 15.0. The molecule has 0 radical (unpaired) electrons. The normalized spacial score (nSPS) is 12.9. The lowest BCUT2D eigenvalue weighted by molar-refractivity contribution is -0.193. The van der Waals surface area contributed by atoms with Crippen LogP contribution in [0.4, 0.5) is 0 Å². The van der Waals surface area contributed by atoms with Gasteiger partial charge in [-0.15, -0.1) is 0 Å². The number of ketones is 1.